The number of carboxylic acid groups (broad SMARTS) is 1. The lowest BCUT2D eigenvalue weighted by molar-refractivity contribution is -0.137. The van der Waals surface area contributed by atoms with E-state index in [2.05, 4.69) is 0 Å². The molecule has 1 aromatic rings. The molecule has 0 aliphatic heterocycles. The van der Waals surface area contributed by atoms with Crippen LogP contribution in [0.15, 0.2) is 24.3 Å². The Kier molecular flexibility index (Phi) is 5.74. The largest absolute Gasteiger partial charge is 0.481 e. The van der Waals surface area contributed by atoms with Crippen molar-refractivity contribution in [1.82, 2.24) is 4.90 Å². The fourth-order valence-electron chi connectivity index (χ4n) is 1.71. The molecule has 0 aliphatic rings. The normalized spacial score (nSPS) is 12.7. The molecule has 0 aliphatic carbocycles. The second-order valence-electron chi connectivity index (χ2n) is 4.35. The number of carbonyl (C=O) groups is 1. The number of hydrogen-bond acceptors (Lipinski definition) is 3. The van der Waals surface area contributed by atoms with Gasteiger partial charge in [-0.15, -0.1) is 0 Å². The van der Waals surface area contributed by atoms with Crippen molar-refractivity contribution in [1.29, 1.82) is 0 Å². The fourth-order valence-corrected chi connectivity index (χ4v) is 1.71. The molecule has 1 atom stereocenters. The number of aliphatic carboxylic acids is 1. The monoisotopic (exact) mass is 255 g/mol. The zero-order chi connectivity index (χ0) is 13.5. The average Bonchev–Trinajstić information content (AvgIpc) is 2.28. The predicted molar refractivity (Wildman–Crippen MR) is 65.6 cm³/mol. The maximum atomic E-state index is 12.8. The van der Waals surface area contributed by atoms with Crippen molar-refractivity contribution in [2.24, 2.45) is 0 Å². The summed E-state index contributed by atoms with van der Waals surface area (Å²) in [7, 11) is 0. The van der Waals surface area contributed by atoms with E-state index in [1.165, 1.54) is 12.1 Å². The van der Waals surface area contributed by atoms with Gasteiger partial charge >= 0.3 is 5.97 Å². The molecule has 0 fully saturated rings. The summed E-state index contributed by atoms with van der Waals surface area (Å²) in [5, 5.41) is 18.0. The van der Waals surface area contributed by atoms with E-state index in [1.54, 1.807) is 19.1 Å². The fraction of sp³-hybridized carbons (Fsp3) is 0.462. The molecule has 0 heterocycles. The minimum Gasteiger partial charge on any atom is -0.481 e. The molecule has 18 heavy (non-hydrogen) atoms. The number of nitrogens with zero attached hydrogens (tertiary/aromatic N) is 1. The third kappa shape index (κ3) is 5.75. The Morgan fingerprint density at radius 2 is 2.00 bits per heavy atom. The molecule has 0 radical (unpaired) electrons. The molecule has 0 aromatic heterocycles. The van der Waals surface area contributed by atoms with Crippen molar-refractivity contribution in [3.63, 3.8) is 0 Å². The zero-order valence-corrected chi connectivity index (χ0v) is 10.3. The molecular weight excluding hydrogens is 237 g/mol. The van der Waals surface area contributed by atoms with Crippen LogP contribution >= 0.6 is 0 Å². The molecule has 0 spiro atoms. The highest BCUT2D eigenvalue weighted by atomic mass is 19.1. The van der Waals surface area contributed by atoms with Crippen LogP contribution in [-0.4, -0.2) is 40.3 Å². The summed E-state index contributed by atoms with van der Waals surface area (Å²) in [5.41, 5.74) is 0.891. The number of halogens is 1. The Balaban J connectivity index is 2.59. The SMILES string of the molecule is CC(O)CN(CCC(=O)O)Cc1ccc(F)cc1. The number of carboxylic acids is 1. The molecule has 4 nitrogen and oxygen atoms in total. The van der Waals surface area contributed by atoms with Crippen molar-refractivity contribution in [3.05, 3.63) is 35.6 Å². The summed E-state index contributed by atoms with van der Waals surface area (Å²) in [5.74, 6) is -1.17. The standard InChI is InChI=1S/C13H18FNO3/c1-10(16)8-15(7-6-13(17)18)9-11-2-4-12(14)5-3-11/h2-5,10,16H,6-9H2,1H3,(H,17,18). The first-order valence-electron chi connectivity index (χ1n) is 5.84. The smallest absolute Gasteiger partial charge is 0.304 e. The highest BCUT2D eigenvalue weighted by Crippen LogP contribution is 2.08. The van der Waals surface area contributed by atoms with E-state index in [9.17, 15) is 14.3 Å². The van der Waals surface area contributed by atoms with E-state index in [4.69, 9.17) is 5.11 Å². The van der Waals surface area contributed by atoms with Gasteiger partial charge < -0.3 is 10.2 Å². The first-order valence-corrected chi connectivity index (χ1v) is 5.84. The summed E-state index contributed by atoms with van der Waals surface area (Å²) < 4.78 is 12.8. The van der Waals surface area contributed by atoms with Crippen LogP contribution in [0, 0.1) is 5.82 Å². The number of benzene rings is 1. The van der Waals surface area contributed by atoms with Gasteiger partial charge in [0.2, 0.25) is 0 Å². The van der Waals surface area contributed by atoms with Gasteiger partial charge in [0.15, 0.2) is 0 Å². The molecule has 0 saturated heterocycles. The van der Waals surface area contributed by atoms with Gasteiger partial charge in [0.25, 0.3) is 0 Å². The lowest BCUT2D eigenvalue weighted by atomic mass is 10.2. The van der Waals surface area contributed by atoms with Crippen LogP contribution in [0.4, 0.5) is 4.39 Å². The molecule has 100 valence electrons. The molecular formula is C13H18FNO3. The summed E-state index contributed by atoms with van der Waals surface area (Å²) in [6.45, 7) is 2.90. The maximum absolute atomic E-state index is 12.8. The van der Waals surface area contributed by atoms with Crippen LogP contribution in [0.3, 0.4) is 0 Å². The molecule has 1 unspecified atom stereocenters. The Hall–Kier alpha value is -1.46. The van der Waals surface area contributed by atoms with Crippen molar-refractivity contribution in [3.8, 4) is 0 Å². The Labute approximate surface area is 106 Å². The Morgan fingerprint density at radius 1 is 1.39 bits per heavy atom. The first kappa shape index (κ1) is 14.6. The van der Waals surface area contributed by atoms with Crippen LogP contribution in [0.2, 0.25) is 0 Å². The second-order valence-corrected chi connectivity index (χ2v) is 4.35. The Morgan fingerprint density at radius 3 is 2.50 bits per heavy atom. The van der Waals surface area contributed by atoms with E-state index in [0.717, 1.165) is 5.56 Å². The number of aliphatic hydroxyl groups excluding tert-OH is 1. The number of hydrogen-bond donors (Lipinski definition) is 2. The van der Waals surface area contributed by atoms with Gasteiger partial charge in [0.1, 0.15) is 5.82 Å². The minimum absolute atomic E-state index is 0.0217. The zero-order valence-electron chi connectivity index (χ0n) is 10.3. The predicted octanol–water partition coefficient (Wildman–Crippen LogP) is 1.48. The van der Waals surface area contributed by atoms with E-state index in [-0.39, 0.29) is 12.2 Å². The summed E-state index contributed by atoms with van der Waals surface area (Å²) in [6.07, 6.45) is -0.507. The number of rotatable bonds is 7. The summed E-state index contributed by atoms with van der Waals surface area (Å²) in [6, 6.07) is 6.05. The first-order chi connectivity index (χ1) is 8.47. The van der Waals surface area contributed by atoms with Crippen molar-refractivity contribution >= 4 is 5.97 Å². The molecule has 2 N–H and O–H groups in total. The van der Waals surface area contributed by atoms with Crippen LogP contribution < -0.4 is 0 Å². The minimum atomic E-state index is -0.871. The quantitative estimate of drug-likeness (QED) is 0.775. The highest BCUT2D eigenvalue weighted by Gasteiger charge is 2.11. The van der Waals surface area contributed by atoms with Gasteiger partial charge in [-0.1, -0.05) is 12.1 Å². The lowest BCUT2D eigenvalue weighted by Gasteiger charge is -2.23. The van der Waals surface area contributed by atoms with Crippen molar-refractivity contribution < 1.29 is 19.4 Å². The van der Waals surface area contributed by atoms with Gasteiger partial charge in [0.05, 0.1) is 12.5 Å². The van der Waals surface area contributed by atoms with E-state index < -0.39 is 12.1 Å². The van der Waals surface area contributed by atoms with E-state index in [0.29, 0.717) is 19.6 Å². The van der Waals surface area contributed by atoms with Crippen LogP contribution in [0.5, 0.6) is 0 Å². The third-order valence-corrected chi connectivity index (χ3v) is 2.48. The van der Waals surface area contributed by atoms with Gasteiger partial charge in [-0.05, 0) is 24.6 Å². The number of aliphatic hydroxyl groups is 1. The van der Waals surface area contributed by atoms with Crippen molar-refractivity contribution in [2.45, 2.75) is 26.0 Å². The molecule has 0 amide bonds. The Bertz CT molecular complexity index is 378. The summed E-state index contributed by atoms with van der Waals surface area (Å²) in [4.78, 5) is 12.4. The summed E-state index contributed by atoms with van der Waals surface area (Å²) >= 11 is 0. The third-order valence-electron chi connectivity index (χ3n) is 2.48. The van der Waals surface area contributed by atoms with Gasteiger partial charge in [-0.25, -0.2) is 4.39 Å². The molecule has 0 saturated carbocycles. The van der Waals surface area contributed by atoms with E-state index in [1.807, 2.05) is 4.90 Å². The van der Waals surface area contributed by atoms with Gasteiger partial charge in [-0.3, -0.25) is 9.69 Å². The molecule has 5 heteroatoms. The maximum Gasteiger partial charge on any atom is 0.304 e. The molecule has 0 bridgehead atoms. The van der Waals surface area contributed by atoms with Crippen molar-refractivity contribution in [2.75, 3.05) is 13.1 Å². The molecule has 1 rings (SSSR count). The van der Waals surface area contributed by atoms with Crippen LogP contribution in [0.25, 0.3) is 0 Å². The van der Waals surface area contributed by atoms with Gasteiger partial charge in [0, 0.05) is 19.6 Å². The topological polar surface area (TPSA) is 60.8 Å². The average molecular weight is 255 g/mol. The highest BCUT2D eigenvalue weighted by molar-refractivity contribution is 5.66. The van der Waals surface area contributed by atoms with Gasteiger partial charge in [-0.2, -0.15) is 0 Å². The van der Waals surface area contributed by atoms with Crippen LogP contribution in [-0.2, 0) is 11.3 Å². The lowest BCUT2D eigenvalue weighted by Crippen LogP contribution is -2.32. The van der Waals surface area contributed by atoms with E-state index >= 15 is 0 Å². The van der Waals surface area contributed by atoms with Crippen LogP contribution in [0.1, 0.15) is 18.9 Å². The molecule has 1 aromatic carbocycles. The second kappa shape index (κ2) is 7.08.